The molecule has 0 radical (unpaired) electrons. The molecule has 1 aromatic heterocycles. The van der Waals surface area contributed by atoms with Crippen LogP contribution in [0.1, 0.15) is 23.7 Å². The average Bonchev–Trinajstić information content (AvgIpc) is 3.30. The number of hydrogen-bond acceptors (Lipinski definition) is 4. The Bertz CT molecular complexity index is 1450. The summed E-state index contributed by atoms with van der Waals surface area (Å²) in [6.45, 7) is 3.58. The highest BCUT2D eigenvalue weighted by atomic mass is 16.2. The van der Waals surface area contributed by atoms with E-state index in [2.05, 4.69) is 15.7 Å². The lowest BCUT2D eigenvalue weighted by molar-refractivity contribution is -0.133. The molecule has 1 saturated heterocycles. The summed E-state index contributed by atoms with van der Waals surface area (Å²) < 4.78 is 1.69. The van der Waals surface area contributed by atoms with Gasteiger partial charge in [0.15, 0.2) is 0 Å². The summed E-state index contributed by atoms with van der Waals surface area (Å²) in [6, 6.07) is 24.4. The molecule has 4 aromatic rings. The van der Waals surface area contributed by atoms with Crippen LogP contribution in [0, 0.1) is 6.92 Å². The molecule has 176 valence electrons. The first-order valence-corrected chi connectivity index (χ1v) is 11.3. The fourth-order valence-electron chi connectivity index (χ4n) is 4.39. The van der Waals surface area contributed by atoms with E-state index in [4.69, 9.17) is 0 Å². The van der Waals surface area contributed by atoms with Crippen molar-refractivity contribution in [3.63, 3.8) is 0 Å². The number of fused-ring (bicyclic) bond motifs is 1. The number of hydrogen-bond donors (Lipinski definition) is 2. The Morgan fingerprint density at radius 1 is 0.971 bits per heavy atom. The van der Waals surface area contributed by atoms with Gasteiger partial charge in [-0.2, -0.15) is 5.10 Å². The minimum absolute atomic E-state index is 0.399. The van der Waals surface area contributed by atoms with Crippen LogP contribution >= 0.6 is 0 Å². The van der Waals surface area contributed by atoms with E-state index in [1.807, 2.05) is 79.7 Å². The molecular weight excluding hydrogens is 442 g/mol. The molecule has 1 aliphatic rings. The third kappa shape index (κ3) is 4.26. The molecule has 1 unspecified atom stereocenters. The molecule has 5 rings (SSSR count). The number of aromatic nitrogens is 2. The molecule has 8 nitrogen and oxygen atoms in total. The van der Waals surface area contributed by atoms with Crippen molar-refractivity contribution >= 4 is 34.4 Å². The van der Waals surface area contributed by atoms with Crippen LogP contribution in [0.5, 0.6) is 0 Å². The summed E-state index contributed by atoms with van der Waals surface area (Å²) in [5.74, 6) is -0.451. The van der Waals surface area contributed by atoms with Crippen molar-refractivity contribution in [3.05, 3.63) is 95.7 Å². The Kier molecular flexibility index (Phi) is 5.56. The summed E-state index contributed by atoms with van der Waals surface area (Å²) >= 11 is 0. The molecule has 4 amide bonds. The van der Waals surface area contributed by atoms with Crippen molar-refractivity contribution in [1.29, 1.82) is 0 Å². The predicted octanol–water partition coefficient (Wildman–Crippen LogP) is 3.80. The SMILES string of the molecule is Cc1cc(NC(=O)CN2C(=O)NC(C)(c3ccc4ccccc4c3)C2=O)n(Cc2ccccc2)n1. The van der Waals surface area contributed by atoms with Crippen LogP contribution in [0.2, 0.25) is 0 Å². The zero-order chi connectivity index (χ0) is 24.6. The number of urea groups is 1. The maximum atomic E-state index is 13.3. The lowest BCUT2D eigenvalue weighted by Gasteiger charge is -2.22. The van der Waals surface area contributed by atoms with Crippen molar-refractivity contribution in [1.82, 2.24) is 20.0 Å². The Morgan fingerprint density at radius 3 is 2.46 bits per heavy atom. The van der Waals surface area contributed by atoms with Crippen molar-refractivity contribution in [2.75, 3.05) is 11.9 Å². The number of aryl methyl sites for hydroxylation is 1. The predicted molar refractivity (Wildman–Crippen MR) is 133 cm³/mol. The molecule has 0 aliphatic carbocycles. The third-order valence-corrected chi connectivity index (χ3v) is 6.25. The highest BCUT2D eigenvalue weighted by Crippen LogP contribution is 2.31. The molecule has 2 N–H and O–H groups in total. The van der Waals surface area contributed by atoms with E-state index in [1.54, 1.807) is 17.7 Å². The topological polar surface area (TPSA) is 96.3 Å². The van der Waals surface area contributed by atoms with Gasteiger partial charge in [0.2, 0.25) is 5.91 Å². The van der Waals surface area contributed by atoms with E-state index < -0.39 is 29.9 Å². The lowest BCUT2D eigenvalue weighted by Crippen LogP contribution is -2.42. The third-order valence-electron chi connectivity index (χ3n) is 6.25. The summed E-state index contributed by atoms with van der Waals surface area (Å²) in [6.07, 6.45) is 0. The molecule has 1 aliphatic heterocycles. The average molecular weight is 468 g/mol. The number of benzene rings is 3. The first-order chi connectivity index (χ1) is 16.8. The van der Waals surface area contributed by atoms with E-state index in [-0.39, 0.29) is 0 Å². The molecular formula is C27H25N5O3. The van der Waals surface area contributed by atoms with E-state index in [0.717, 1.165) is 26.9 Å². The molecule has 1 fully saturated rings. The Hall–Kier alpha value is -4.46. The standard InChI is InChI=1S/C27H25N5O3/c1-18-14-23(32(30-18)16-19-8-4-3-5-9-19)28-24(33)17-31-25(34)27(2,29-26(31)35)22-13-12-20-10-6-7-11-21(20)15-22/h3-15H,16-17H2,1-2H3,(H,28,33)(H,29,35). The quantitative estimate of drug-likeness (QED) is 0.422. The van der Waals surface area contributed by atoms with Crippen molar-refractivity contribution in [2.24, 2.45) is 0 Å². The number of carbonyl (C=O) groups is 3. The monoisotopic (exact) mass is 467 g/mol. The number of nitrogens with zero attached hydrogens (tertiary/aromatic N) is 3. The molecule has 0 bridgehead atoms. The first kappa shape index (κ1) is 22.3. The van der Waals surface area contributed by atoms with Crippen LogP contribution in [-0.2, 0) is 21.7 Å². The van der Waals surface area contributed by atoms with Gasteiger partial charge in [0.25, 0.3) is 5.91 Å². The van der Waals surface area contributed by atoms with Gasteiger partial charge in [-0.25, -0.2) is 9.48 Å². The maximum absolute atomic E-state index is 13.3. The number of imide groups is 1. The smallest absolute Gasteiger partial charge is 0.319 e. The van der Waals surface area contributed by atoms with Gasteiger partial charge >= 0.3 is 6.03 Å². The van der Waals surface area contributed by atoms with Crippen LogP contribution in [-0.4, -0.2) is 39.1 Å². The van der Waals surface area contributed by atoms with Crippen LogP contribution in [0.25, 0.3) is 10.8 Å². The molecule has 0 spiro atoms. The summed E-state index contributed by atoms with van der Waals surface area (Å²) in [5.41, 5.74) is 1.18. The normalized spacial score (nSPS) is 17.6. The molecule has 3 aromatic carbocycles. The second-order valence-corrected chi connectivity index (χ2v) is 8.87. The Labute approximate surface area is 202 Å². The first-order valence-electron chi connectivity index (χ1n) is 11.3. The summed E-state index contributed by atoms with van der Waals surface area (Å²) in [4.78, 5) is 39.9. The van der Waals surface area contributed by atoms with Gasteiger partial charge in [0.05, 0.1) is 12.2 Å². The lowest BCUT2D eigenvalue weighted by atomic mass is 9.90. The van der Waals surface area contributed by atoms with E-state index in [0.29, 0.717) is 17.9 Å². The summed E-state index contributed by atoms with van der Waals surface area (Å²) in [5, 5.41) is 12.0. The van der Waals surface area contributed by atoms with Crippen LogP contribution < -0.4 is 10.6 Å². The molecule has 8 heteroatoms. The number of rotatable bonds is 6. The number of amides is 4. The van der Waals surface area contributed by atoms with Crippen molar-refractivity contribution < 1.29 is 14.4 Å². The second kappa shape index (κ2) is 8.72. The van der Waals surface area contributed by atoms with Gasteiger partial charge in [-0.1, -0.05) is 66.7 Å². The minimum atomic E-state index is -1.26. The van der Waals surface area contributed by atoms with E-state index in [9.17, 15) is 14.4 Å². The van der Waals surface area contributed by atoms with Crippen LogP contribution in [0.15, 0.2) is 78.9 Å². The zero-order valence-corrected chi connectivity index (χ0v) is 19.5. The van der Waals surface area contributed by atoms with Crippen LogP contribution in [0.4, 0.5) is 10.6 Å². The summed E-state index contributed by atoms with van der Waals surface area (Å²) in [7, 11) is 0. The van der Waals surface area contributed by atoms with Gasteiger partial charge in [-0.3, -0.25) is 14.5 Å². The number of carbonyl (C=O) groups excluding carboxylic acids is 3. The van der Waals surface area contributed by atoms with E-state index in [1.165, 1.54) is 0 Å². The zero-order valence-electron chi connectivity index (χ0n) is 19.5. The highest BCUT2D eigenvalue weighted by Gasteiger charge is 2.49. The Morgan fingerprint density at radius 2 is 1.69 bits per heavy atom. The molecule has 35 heavy (non-hydrogen) atoms. The van der Waals surface area contributed by atoms with Gasteiger partial charge in [0, 0.05) is 6.07 Å². The maximum Gasteiger partial charge on any atom is 0.325 e. The number of anilines is 1. The van der Waals surface area contributed by atoms with Gasteiger partial charge in [-0.15, -0.1) is 0 Å². The largest absolute Gasteiger partial charge is 0.325 e. The molecule has 2 heterocycles. The van der Waals surface area contributed by atoms with Crippen molar-refractivity contribution in [2.45, 2.75) is 25.9 Å². The second-order valence-electron chi connectivity index (χ2n) is 8.87. The Balaban J connectivity index is 1.32. The molecule has 0 saturated carbocycles. The van der Waals surface area contributed by atoms with Gasteiger partial charge < -0.3 is 10.6 Å². The molecule has 1 atom stereocenters. The fourth-order valence-corrected chi connectivity index (χ4v) is 4.39. The van der Waals surface area contributed by atoms with E-state index >= 15 is 0 Å². The number of nitrogens with one attached hydrogen (secondary N) is 2. The highest BCUT2D eigenvalue weighted by molar-refractivity contribution is 6.10. The van der Waals surface area contributed by atoms with Gasteiger partial charge in [-0.05, 0) is 41.8 Å². The fraction of sp³-hybridized carbons (Fsp3) is 0.185. The minimum Gasteiger partial charge on any atom is -0.319 e. The van der Waals surface area contributed by atoms with Crippen LogP contribution in [0.3, 0.4) is 0 Å². The van der Waals surface area contributed by atoms with Gasteiger partial charge in [0.1, 0.15) is 17.9 Å². The van der Waals surface area contributed by atoms with Crippen molar-refractivity contribution in [3.8, 4) is 0 Å².